The normalized spacial score (nSPS) is 10.6. The number of nitrogens with zero attached hydrogens (tertiary/aromatic N) is 1. The Morgan fingerprint density at radius 2 is 1.71 bits per heavy atom. The van der Waals surface area contributed by atoms with Gasteiger partial charge in [-0.3, -0.25) is 14.4 Å². The first-order valence-electron chi connectivity index (χ1n) is 11.9. The Labute approximate surface area is 226 Å². The lowest BCUT2D eigenvalue weighted by Crippen LogP contribution is -2.37. The molecule has 3 rings (SSSR count). The maximum Gasteiger partial charge on any atom is 0.329 e. The summed E-state index contributed by atoms with van der Waals surface area (Å²) in [7, 11) is 0. The van der Waals surface area contributed by atoms with Crippen molar-refractivity contribution in [2.45, 2.75) is 27.3 Å². The predicted octanol–water partition coefficient (Wildman–Crippen LogP) is 4.14. The van der Waals surface area contributed by atoms with Crippen LogP contribution < -0.4 is 25.5 Å². The van der Waals surface area contributed by atoms with E-state index in [2.05, 4.69) is 21.2 Å². The molecule has 0 fully saturated rings. The SMILES string of the molecule is CCOc1cc(/C=N\NC(=O)C(=O)NCc2ccc(C)cc2)ccc1OCC(=O)Nc1cccc(Cl)c1C. The topological polar surface area (TPSA) is 118 Å². The smallest absolute Gasteiger partial charge is 0.329 e. The molecule has 3 aromatic rings. The monoisotopic (exact) mass is 536 g/mol. The molecular formula is C28H29ClN4O5. The molecule has 3 N–H and O–H groups in total. The van der Waals surface area contributed by atoms with E-state index in [1.54, 1.807) is 36.4 Å². The van der Waals surface area contributed by atoms with Gasteiger partial charge in [0.25, 0.3) is 5.91 Å². The molecule has 3 aromatic carbocycles. The Morgan fingerprint density at radius 3 is 2.45 bits per heavy atom. The number of hydrazone groups is 1. The fraction of sp³-hybridized carbons (Fsp3) is 0.214. The van der Waals surface area contributed by atoms with E-state index in [0.717, 1.165) is 16.7 Å². The van der Waals surface area contributed by atoms with Gasteiger partial charge in [-0.05, 0) is 67.8 Å². The van der Waals surface area contributed by atoms with Gasteiger partial charge in [0.2, 0.25) is 0 Å². The highest BCUT2D eigenvalue weighted by Crippen LogP contribution is 2.28. The average Bonchev–Trinajstić information content (AvgIpc) is 2.90. The number of hydrogen-bond donors (Lipinski definition) is 3. The van der Waals surface area contributed by atoms with Crippen LogP contribution in [0.3, 0.4) is 0 Å². The lowest BCUT2D eigenvalue weighted by Gasteiger charge is -2.13. The van der Waals surface area contributed by atoms with Crippen molar-refractivity contribution in [3.05, 3.63) is 87.9 Å². The minimum absolute atomic E-state index is 0.228. The Morgan fingerprint density at radius 1 is 0.947 bits per heavy atom. The quantitative estimate of drug-likeness (QED) is 0.204. The summed E-state index contributed by atoms with van der Waals surface area (Å²) in [6, 6.07) is 17.8. The van der Waals surface area contributed by atoms with Gasteiger partial charge in [-0.25, -0.2) is 5.43 Å². The zero-order valence-electron chi connectivity index (χ0n) is 21.3. The molecule has 0 spiro atoms. The molecule has 0 aliphatic rings. The predicted molar refractivity (Wildman–Crippen MR) is 147 cm³/mol. The van der Waals surface area contributed by atoms with Gasteiger partial charge in [-0.1, -0.05) is 47.5 Å². The van der Waals surface area contributed by atoms with E-state index in [9.17, 15) is 14.4 Å². The van der Waals surface area contributed by atoms with E-state index in [4.69, 9.17) is 21.1 Å². The van der Waals surface area contributed by atoms with Gasteiger partial charge in [0.15, 0.2) is 18.1 Å². The van der Waals surface area contributed by atoms with Crippen LogP contribution in [0.15, 0.2) is 65.8 Å². The molecule has 9 nitrogen and oxygen atoms in total. The highest BCUT2D eigenvalue weighted by atomic mass is 35.5. The standard InChI is InChI=1S/C28H29ClN4O5/c1-4-37-25-14-21(16-31-33-28(36)27(35)30-15-20-10-8-18(2)9-11-20)12-13-24(25)38-17-26(34)32-23-7-5-6-22(29)19(23)3/h5-14,16H,4,15,17H2,1-3H3,(H,30,35)(H,32,34)(H,33,36)/b31-16-. The van der Waals surface area contributed by atoms with Crippen molar-refractivity contribution < 1.29 is 23.9 Å². The van der Waals surface area contributed by atoms with E-state index < -0.39 is 11.8 Å². The third-order valence-electron chi connectivity index (χ3n) is 5.33. The highest BCUT2D eigenvalue weighted by molar-refractivity contribution is 6.35. The number of rotatable bonds is 10. The summed E-state index contributed by atoms with van der Waals surface area (Å²) in [6.45, 7) is 5.94. The molecule has 0 radical (unpaired) electrons. The summed E-state index contributed by atoms with van der Waals surface area (Å²) in [5, 5.41) is 9.71. The zero-order valence-corrected chi connectivity index (χ0v) is 22.1. The van der Waals surface area contributed by atoms with Crippen LogP contribution in [0.5, 0.6) is 11.5 Å². The summed E-state index contributed by atoms with van der Waals surface area (Å²) < 4.78 is 11.3. The lowest BCUT2D eigenvalue weighted by molar-refractivity contribution is -0.139. The summed E-state index contributed by atoms with van der Waals surface area (Å²) >= 11 is 6.10. The second kappa shape index (κ2) is 13.8. The van der Waals surface area contributed by atoms with Crippen molar-refractivity contribution in [2.75, 3.05) is 18.5 Å². The molecule has 0 bridgehead atoms. The maximum atomic E-state index is 12.4. The number of nitrogens with one attached hydrogen (secondary N) is 3. The van der Waals surface area contributed by atoms with Gasteiger partial charge in [0.1, 0.15) is 0 Å². The van der Waals surface area contributed by atoms with Crippen molar-refractivity contribution >= 4 is 41.2 Å². The number of ether oxygens (including phenoxy) is 2. The molecule has 0 saturated heterocycles. The van der Waals surface area contributed by atoms with E-state index in [-0.39, 0.29) is 19.1 Å². The van der Waals surface area contributed by atoms with Crippen LogP contribution in [-0.4, -0.2) is 37.1 Å². The van der Waals surface area contributed by atoms with Crippen LogP contribution in [-0.2, 0) is 20.9 Å². The zero-order chi connectivity index (χ0) is 27.5. The highest BCUT2D eigenvalue weighted by Gasteiger charge is 2.13. The Balaban J connectivity index is 1.53. The molecule has 0 heterocycles. The molecule has 0 aromatic heterocycles. The molecule has 0 saturated carbocycles. The van der Waals surface area contributed by atoms with Crippen molar-refractivity contribution in [3.63, 3.8) is 0 Å². The molecule has 0 aliphatic carbocycles. The Kier molecular flexibility index (Phi) is 10.2. The number of amides is 3. The molecule has 0 aliphatic heterocycles. The number of anilines is 1. The third-order valence-corrected chi connectivity index (χ3v) is 5.74. The van der Waals surface area contributed by atoms with Crippen molar-refractivity contribution in [3.8, 4) is 11.5 Å². The summed E-state index contributed by atoms with van der Waals surface area (Å²) in [5.41, 5.74) is 6.13. The van der Waals surface area contributed by atoms with Crippen LogP contribution in [0, 0.1) is 13.8 Å². The first-order chi connectivity index (χ1) is 18.3. The minimum Gasteiger partial charge on any atom is -0.490 e. The second-order valence-electron chi connectivity index (χ2n) is 8.26. The number of hydrogen-bond acceptors (Lipinski definition) is 6. The molecule has 0 atom stereocenters. The van der Waals surface area contributed by atoms with Crippen LogP contribution >= 0.6 is 11.6 Å². The van der Waals surface area contributed by atoms with Gasteiger partial charge >= 0.3 is 11.8 Å². The third kappa shape index (κ3) is 8.35. The number of aryl methyl sites for hydroxylation is 1. The summed E-state index contributed by atoms with van der Waals surface area (Å²) in [4.78, 5) is 36.4. The van der Waals surface area contributed by atoms with Gasteiger partial charge in [-0.2, -0.15) is 5.10 Å². The fourth-order valence-electron chi connectivity index (χ4n) is 3.25. The minimum atomic E-state index is -0.890. The van der Waals surface area contributed by atoms with Gasteiger partial charge in [0.05, 0.1) is 12.8 Å². The number of halogens is 1. The molecule has 0 unspecified atom stereocenters. The van der Waals surface area contributed by atoms with Crippen LogP contribution in [0.2, 0.25) is 5.02 Å². The van der Waals surface area contributed by atoms with Crippen LogP contribution in [0.4, 0.5) is 5.69 Å². The first-order valence-corrected chi connectivity index (χ1v) is 12.3. The van der Waals surface area contributed by atoms with Gasteiger partial charge in [-0.15, -0.1) is 0 Å². The van der Waals surface area contributed by atoms with Crippen LogP contribution in [0.25, 0.3) is 0 Å². The first kappa shape index (κ1) is 28.2. The summed E-state index contributed by atoms with van der Waals surface area (Å²) in [6.07, 6.45) is 1.37. The van der Waals surface area contributed by atoms with Gasteiger partial charge < -0.3 is 20.1 Å². The molecule has 38 heavy (non-hydrogen) atoms. The van der Waals surface area contributed by atoms with Crippen molar-refractivity contribution in [2.24, 2.45) is 5.10 Å². The Bertz CT molecular complexity index is 1330. The lowest BCUT2D eigenvalue weighted by atomic mass is 10.1. The van der Waals surface area contributed by atoms with E-state index in [0.29, 0.717) is 34.4 Å². The van der Waals surface area contributed by atoms with Gasteiger partial charge in [0, 0.05) is 17.3 Å². The van der Waals surface area contributed by atoms with E-state index >= 15 is 0 Å². The number of carbonyl (C=O) groups is 3. The second-order valence-corrected chi connectivity index (χ2v) is 8.66. The molecule has 3 amide bonds. The molecule has 10 heteroatoms. The molecular weight excluding hydrogens is 508 g/mol. The Hall–Kier alpha value is -4.37. The fourth-order valence-corrected chi connectivity index (χ4v) is 3.42. The van der Waals surface area contributed by atoms with Crippen molar-refractivity contribution in [1.29, 1.82) is 0 Å². The maximum absolute atomic E-state index is 12.4. The number of carbonyl (C=O) groups excluding carboxylic acids is 3. The molecule has 198 valence electrons. The van der Waals surface area contributed by atoms with Crippen LogP contribution in [0.1, 0.15) is 29.2 Å². The number of benzene rings is 3. The van der Waals surface area contributed by atoms with E-state index in [1.165, 1.54) is 6.21 Å². The average molecular weight is 537 g/mol. The summed E-state index contributed by atoms with van der Waals surface area (Å²) in [5.74, 6) is -1.29. The largest absolute Gasteiger partial charge is 0.490 e. The van der Waals surface area contributed by atoms with E-state index in [1.807, 2.05) is 45.0 Å². The van der Waals surface area contributed by atoms with Crippen molar-refractivity contribution in [1.82, 2.24) is 10.7 Å².